The predicted molar refractivity (Wildman–Crippen MR) is 90.2 cm³/mol. The van der Waals surface area contributed by atoms with Gasteiger partial charge in [0.15, 0.2) is 0 Å². The van der Waals surface area contributed by atoms with Gasteiger partial charge in [0.05, 0.1) is 0 Å². The fourth-order valence-electron chi connectivity index (χ4n) is 2.25. The highest BCUT2D eigenvalue weighted by Crippen LogP contribution is 2.13. The van der Waals surface area contributed by atoms with Gasteiger partial charge in [0.1, 0.15) is 0 Å². The van der Waals surface area contributed by atoms with E-state index >= 15 is 0 Å². The summed E-state index contributed by atoms with van der Waals surface area (Å²) in [5.41, 5.74) is 1.16. The summed E-state index contributed by atoms with van der Waals surface area (Å²) >= 11 is 0. The number of imide groups is 1. The Bertz CT molecular complexity index is 633. The summed E-state index contributed by atoms with van der Waals surface area (Å²) in [5.74, 6) is -1.28. The maximum Gasteiger partial charge on any atom is 0.356 e. The maximum atomic E-state index is 11.6. The molecule has 1 saturated heterocycles. The van der Waals surface area contributed by atoms with E-state index in [1.807, 2.05) is 30.3 Å². The van der Waals surface area contributed by atoms with Crippen LogP contribution < -0.4 is 0 Å². The highest BCUT2D eigenvalue weighted by molar-refractivity contribution is 6.02. The number of hydrogen-bond donors (Lipinski definition) is 0. The van der Waals surface area contributed by atoms with Crippen LogP contribution in [0.4, 0.5) is 0 Å². The topological polar surface area (TPSA) is 63.7 Å². The third-order valence-corrected chi connectivity index (χ3v) is 3.65. The first-order valence-corrected chi connectivity index (χ1v) is 8.04. The fraction of sp³-hybridized carbons (Fsp3) is 0.316. The van der Waals surface area contributed by atoms with Gasteiger partial charge in [0, 0.05) is 18.9 Å². The lowest BCUT2D eigenvalue weighted by Crippen LogP contribution is -2.31. The summed E-state index contributed by atoms with van der Waals surface area (Å²) in [6.07, 6.45) is 8.94. The summed E-state index contributed by atoms with van der Waals surface area (Å²) in [5, 5.41) is 0.553. The smallest absolute Gasteiger partial charge is 0.326 e. The van der Waals surface area contributed by atoms with E-state index < -0.39 is 17.8 Å². The Morgan fingerprint density at radius 1 is 1.21 bits per heavy atom. The van der Waals surface area contributed by atoms with E-state index in [2.05, 4.69) is 19.1 Å². The van der Waals surface area contributed by atoms with Crippen molar-refractivity contribution in [2.24, 2.45) is 5.92 Å². The van der Waals surface area contributed by atoms with Crippen molar-refractivity contribution >= 4 is 23.9 Å². The van der Waals surface area contributed by atoms with E-state index in [-0.39, 0.29) is 12.8 Å². The summed E-state index contributed by atoms with van der Waals surface area (Å²) < 4.78 is 0. The molecule has 126 valence electrons. The zero-order valence-corrected chi connectivity index (χ0v) is 13.7. The van der Waals surface area contributed by atoms with Crippen LogP contribution in [-0.4, -0.2) is 22.8 Å². The number of carbonyl (C=O) groups is 3. The molecule has 0 aliphatic carbocycles. The molecule has 0 bridgehead atoms. The molecule has 0 saturated carbocycles. The number of rotatable bonds is 7. The molecule has 5 heteroatoms. The van der Waals surface area contributed by atoms with Gasteiger partial charge in [-0.3, -0.25) is 9.59 Å². The average Bonchev–Trinajstić information content (AvgIpc) is 2.90. The number of allylic oxidation sites excluding steroid dienone is 2. The van der Waals surface area contributed by atoms with Crippen LogP contribution in [-0.2, 0) is 19.2 Å². The summed E-state index contributed by atoms with van der Waals surface area (Å²) in [7, 11) is 0. The van der Waals surface area contributed by atoms with E-state index in [9.17, 15) is 14.4 Å². The molecule has 1 heterocycles. The number of hydroxylamine groups is 2. The molecule has 0 spiro atoms. The minimum Gasteiger partial charge on any atom is -0.326 e. The van der Waals surface area contributed by atoms with Gasteiger partial charge in [-0.25, -0.2) is 4.79 Å². The fourth-order valence-corrected chi connectivity index (χ4v) is 2.25. The first-order valence-electron chi connectivity index (χ1n) is 8.04. The van der Waals surface area contributed by atoms with Crippen molar-refractivity contribution in [2.75, 3.05) is 0 Å². The van der Waals surface area contributed by atoms with Crippen LogP contribution in [0, 0.1) is 5.92 Å². The summed E-state index contributed by atoms with van der Waals surface area (Å²) in [6, 6.07) is 10.1. The standard InChI is InChI=1S/C19H21NO4/c1-15(11-12-16-8-3-2-4-9-16)7-5-6-10-19(23)24-20-17(21)13-14-18(20)22/h2-4,6,8-12,15H,5,7,13-14H2,1H3/b10-6+,12-11+. The molecule has 1 unspecified atom stereocenters. The molecule has 0 radical (unpaired) electrons. The SMILES string of the molecule is CC(/C=C/c1ccccc1)CC/C=C/C(=O)ON1C(=O)CCC1=O. The Kier molecular flexibility index (Phi) is 6.49. The van der Waals surface area contributed by atoms with Crippen LogP contribution in [0.5, 0.6) is 0 Å². The van der Waals surface area contributed by atoms with Gasteiger partial charge < -0.3 is 4.84 Å². The van der Waals surface area contributed by atoms with E-state index in [1.165, 1.54) is 6.08 Å². The molecule has 5 nitrogen and oxygen atoms in total. The van der Waals surface area contributed by atoms with Gasteiger partial charge in [0.25, 0.3) is 11.8 Å². The molecular formula is C19H21NO4. The lowest BCUT2D eigenvalue weighted by Gasteiger charge is -2.10. The number of benzene rings is 1. The molecule has 24 heavy (non-hydrogen) atoms. The second-order valence-corrected chi connectivity index (χ2v) is 5.72. The molecule has 2 rings (SSSR count). The van der Waals surface area contributed by atoms with Crippen molar-refractivity contribution < 1.29 is 19.2 Å². The molecule has 0 N–H and O–H groups in total. The normalized spacial score (nSPS) is 16.3. The molecule has 1 aliphatic rings. The zero-order valence-electron chi connectivity index (χ0n) is 13.7. The molecule has 1 fully saturated rings. The molecule has 2 amide bonds. The number of hydrogen-bond acceptors (Lipinski definition) is 4. The van der Waals surface area contributed by atoms with Crippen molar-refractivity contribution in [3.63, 3.8) is 0 Å². The molecule has 1 aromatic carbocycles. The number of amides is 2. The van der Waals surface area contributed by atoms with Crippen LogP contribution in [0.2, 0.25) is 0 Å². The molecule has 0 aromatic heterocycles. The van der Waals surface area contributed by atoms with Crippen molar-refractivity contribution in [1.82, 2.24) is 5.06 Å². The Morgan fingerprint density at radius 2 is 1.88 bits per heavy atom. The van der Waals surface area contributed by atoms with E-state index in [0.29, 0.717) is 17.4 Å². The van der Waals surface area contributed by atoms with Crippen molar-refractivity contribution in [3.8, 4) is 0 Å². The van der Waals surface area contributed by atoms with Gasteiger partial charge in [-0.2, -0.15) is 0 Å². The molecule has 1 atom stereocenters. The van der Waals surface area contributed by atoms with Crippen LogP contribution in [0.25, 0.3) is 6.08 Å². The predicted octanol–water partition coefficient (Wildman–Crippen LogP) is 3.28. The largest absolute Gasteiger partial charge is 0.356 e. The maximum absolute atomic E-state index is 11.6. The van der Waals surface area contributed by atoms with Crippen molar-refractivity contribution in [1.29, 1.82) is 0 Å². The van der Waals surface area contributed by atoms with Gasteiger partial charge in [0.2, 0.25) is 0 Å². The third-order valence-electron chi connectivity index (χ3n) is 3.65. The highest BCUT2D eigenvalue weighted by atomic mass is 16.7. The van der Waals surface area contributed by atoms with Gasteiger partial charge in [-0.1, -0.05) is 55.5 Å². The van der Waals surface area contributed by atoms with Gasteiger partial charge in [-0.05, 0) is 24.3 Å². The van der Waals surface area contributed by atoms with Crippen molar-refractivity contribution in [2.45, 2.75) is 32.6 Å². The quantitative estimate of drug-likeness (QED) is 0.569. The highest BCUT2D eigenvalue weighted by Gasteiger charge is 2.32. The average molecular weight is 327 g/mol. The summed E-state index contributed by atoms with van der Waals surface area (Å²) in [4.78, 5) is 39.0. The Labute approximate surface area is 141 Å². The lowest BCUT2D eigenvalue weighted by atomic mass is 10.0. The first-order chi connectivity index (χ1) is 11.6. The summed E-state index contributed by atoms with van der Waals surface area (Å²) in [6.45, 7) is 2.10. The van der Waals surface area contributed by atoms with Gasteiger partial charge in [-0.15, -0.1) is 5.06 Å². The van der Waals surface area contributed by atoms with Crippen LogP contribution in [0.15, 0.2) is 48.6 Å². The Balaban J connectivity index is 1.70. The van der Waals surface area contributed by atoms with E-state index in [0.717, 1.165) is 12.0 Å². The van der Waals surface area contributed by atoms with Crippen LogP contribution in [0.1, 0.15) is 38.2 Å². The minimum absolute atomic E-state index is 0.0983. The lowest BCUT2D eigenvalue weighted by molar-refractivity contribution is -0.193. The van der Waals surface area contributed by atoms with E-state index in [1.54, 1.807) is 6.08 Å². The monoisotopic (exact) mass is 327 g/mol. The van der Waals surface area contributed by atoms with Crippen LogP contribution in [0.3, 0.4) is 0 Å². The number of nitrogens with zero attached hydrogens (tertiary/aromatic N) is 1. The second kappa shape index (κ2) is 8.82. The van der Waals surface area contributed by atoms with E-state index in [4.69, 9.17) is 4.84 Å². The number of carbonyl (C=O) groups excluding carboxylic acids is 3. The zero-order chi connectivity index (χ0) is 17.4. The Morgan fingerprint density at radius 3 is 2.54 bits per heavy atom. The first kappa shape index (κ1) is 17.7. The van der Waals surface area contributed by atoms with Crippen molar-refractivity contribution in [3.05, 3.63) is 54.1 Å². The molecule has 1 aromatic rings. The van der Waals surface area contributed by atoms with Gasteiger partial charge >= 0.3 is 5.97 Å². The molecule has 1 aliphatic heterocycles. The third kappa shape index (κ3) is 5.50. The van der Waals surface area contributed by atoms with Crippen LogP contribution >= 0.6 is 0 Å². The molecular weight excluding hydrogens is 306 g/mol. The minimum atomic E-state index is -0.703. The second-order valence-electron chi connectivity index (χ2n) is 5.72. The Hall–Kier alpha value is -2.69.